The fraction of sp³-hybridized carbons (Fsp3) is 0.300. The van der Waals surface area contributed by atoms with E-state index < -0.39 is 40.7 Å². The van der Waals surface area contributed by atoms with Gasteiger partial charge in [-0.2, -0.15) is 0 Å². The van der Waals surface area contributed by atoms with Gasteiger partial charge in [0.2, 0.25) is 11.9 Å². The maximum atomic E-state index is 12.8. The standard InChI is InChI=1S/C20H20N2O5/c1-2-27-20(24)16-15(13-9-5-3-6-10-13)18(22(25)26)17(21-19(16)23)14-11-7-4-8-12-14/h3-12,15-18H,2H2,1H3,(H,21,23)/t15-,16-,17-,18+/m0/s1. The van der Waals surface area contributed by atoms with Crippen molar-refractivity contribution in [2.75, 3.05) is 6.61 Å². The third-order valence-electron chi connectivity index (χ3n) is 4.78. The van der Waals surface area contributed by atoms with Gasteiger partial charge in [-0.05, 0) is 18.1 Å². The smallest absolute Gasteiger partial charge is 0.319 e. The molecule has 2 aromatic rings. The highest BCUT2D eigenvalue weighted by molar-refractivity contribution is 6.00. The number of hydrogen-bond donors (Lipinski definition) is 1. The molecule has 27 heavy (non-hydrogen) atoms. The molecule has 0 radical (unpaired) electrons. The lowest BCUT2D eigenvalue weighted by Gasteiger charge is -2.37. The van der Waals surface area contributed by atoms with Crippen LogP contribution in [0.5, 0.6) is 0 Å². The van der Waals surface area contributed by atoms with E-state index >= 15 is 0 Å². The first-order valence-electron chi connectivity index (χ1n) is 8.75. The normalized spacial score (nSPS) is 24.7. The number of nitrogens with one attached hydrogen (secondary N) is 1. The molecule has 0 spiro atoms. The van der Waals surface area contributed by atoms with E-state index in [1.807, 2.05) is 0 Å². The van der Waals surface area contributed by atoms with E-state index in [4.69, 9.17) is 4.74 Å². The molecule has 1 fully saturated rings. The highest BCUT2D eigenvalue weighted by Crippen LogP contribution is 2.40. The first-order chi connectivity index (χ1) is 13.0. The zero-order valence-corrected chi connectivity index (χ0v) is 14.8. The summed E-state index contributed by atoms with van der Waals surface area (Å²) in [7, 11) is 0. The number of esters is 1. The number of benzene rings is 2. The number of piperidine rings is 1. The van der Waals surface area contributed by atoms with Crippen LogP contribution in [0.2, 0.25) is 0 Å². The van der Waals surface area contributed by atoms with Gasteiger partial charge < -0.3 is 10.1 Å². The van der Waals surface area contributed by atoms with Gasteiger partial charge in [-0.25, -0.2) is 0 Å². The van der Waals surface area contributed by atoms with Gasteiger partial charge in [-0.3, -0.25) is 19.7 Å². The number of hydrogen-bond acceptors (Lipinski definition) is 5. The van der Waals surface area contributed by atoms with Gasteiger partial charge in [0.25, 0.3) is 0 Å². The predicted octanol–water partition coefficient (Wildman–Crippen LogP) is 2.47. The first kappa shape index (κ1) is 18.6. The molecular weight excluding hydrogens is 348 g/mol. The van der Waals surface area contributed by atoms with Crippen LogP contribution < -0.4 is 5.32 Å². The summed E-state index contributed by atoms with van der Waals surface area (Å²) in [6.07, 6.45) is 0. The average Bonchev–Trinajstić information content (AvgIpc) is 2.68. The second kappa shape index (κ2) is 7.99. The number of amides is 1. The summed E-state index contributed by atoms with van der Waals surface area (Å²) in [6.45, 7) is 1.73. The third kappa shape index (κ3) is 3.67. The van der Waals surface area contributed by atoms with Crippen LogP contribution in [0.3, 0.4) is 0 Å². The molecule has 1 heterocycles. The molecular formula is C20H20N2O5. The number of ether oxygens (including phenoxy) is 1. The predicted molar refractivity (Wildman–Crippen MR) is 97.4 cm³/mol. The van der Waals surface area contributed by atoms with Gasteiger partial charge in [0.1, 0.15) is 12.0 Å². The highest BCUT2D eigenvalue weighted by atomic mass is 16.6. The Morgan fingerprint density at radius 1 is 1.07 bits per heavy atom. The van der Waals surface area contributed by atoms with Crippen molar-refractivity contribution in [2.24, 2.45) is 5.92 Å². The number of carbonyl (C=O) groups excluding carboxylic acids is 2. The topological polar surface area (TPSA) is 98.5 Å². The molecule has 1 amide bonds. The Morgan fingerprint density at radius 2 is 1.63 bits per heavy atom. The molecule has 7 heteroatoms. The SMILES string of the molecule is CCOC(=O)[C@@H]1C(=O)N[C@@H](c2ccccc2)[C@H]([N+](=O)[O-])[C@H]1c1ccccc1. The Bertz CT molecular complexity index is 825. The van der Waals surface area contributed by atoms with Crippen molar-refractivity contribution in [3.05, 3.63) is 81.9 Å². The van der Waals surface area contributed by atoms with Crippen molar-refractivity contribution in [3.63, 3.8) is 0 Å². The van der Waals surface area contributed by atoms with Crippen LogP contribution in [-0.2, 0) is 14.3 Å². The van der Waals surface area contributed by atoms with Gasteiger partial charge in [0.05, 0.1) is 12.5 Å². The van der Waals surface area contributed by atoms with Crippen LogP contribution in [0.4, 0.5) is 0 Å². The van der Waals surface area contributed by atoms with Crippen LogP contribution in [0.15, 0.2) is 60.7 Å². The second-order valence-corrected chi connectivity index (χ2v) is 6.34. The first-order valence-corrected chi connectivity index (χ1v) is 8.75. The lowest BCUT2D eigenvalue weighted by atomic mass is 9.73. The average molecular weight is 368 g/mol. The van der Waals surface area contributed by atoms with E-state index in [-0.39, 0.29) is 6.61 Å². The van der Waals surface area contributed by atoms with Gasteiger partial charge in [-0.15, -0.1) is 0 Å². The Balaban J connectivity index is 2.12. The maximum Gasteiger partial charge on any atom is 0.319 e. The lowest BCUT2D eigenvalue weighted by molar-refractivity contribution is -0.534. The van der Waals surface area contributed by atoms with Crippen molar-refractivity contribution in [2.45, 2.75) is 24.9 Å². The van der Waals surface area contributed by atoms with Crippen molar-refractivity contribution in [1.82, 2.24) is 5.32 Å². The molecule has 140 valence electrons. The minimum atomic E-state index is -1.28. The fourth-order valence-corrected chi connectivity index (χ4v) is 3.64. The lowest BCUT2D eigenvalue weighted by Crippen LogP contribution is -2.56. The van der Waals surface area contributed by atoms with Crippen molar-refractivity contribution < 1.29 is 19.2 Å². The van der Waals surface area contributed by atoms with E-state index in [2.05, 4.69) is 5.32 Å². The van der Waals surface area contributed by atoms with Gasteiger partial charge in [0.15, 0.2) is 0 Å². The van der Waals surface area contributed by atoms with Crippen molar-refractivity contribution >= 4 is 11.9 Å². The van der Waals surface area contributed by atoms with E-state index in [0.29, 0.717) is 11.1 Å². The number of nitro groups is 1. The summed E-state index contributed by atoms with van der Waals surface area (Å²) in [5, 5.41) is 14.7. The van der Waals surface area contributed by atoms with Crippen LogP contribution in [0.25, 0.3) is 0 Å². The molecule has 3 rings (SSSR count). The quantitative estimate of drug-likeness (QED) is 0.378. The number of carbonyl (C=O) groups is 2. The summed E-state index contributed by atoms with van der Waals surface area (Å²) in [6, 6.07) is 15.4. The van der Waals surface area contributed by atoms with E-state index in [1.165, 1.54) is 0 Å². The minimum Gasteiger partial charge on any atom is -0.465 e. The summed E-state index contributed by atoms with van der Waals surface area (Å²) < 4.78 is 5.05. The molecule has 1 saturated heterocycles. The summed E-state index contributed by atoms with van der Waals surface area (Å²) in [5.41, 5.74) is 1.18. The maximum absolute atomic E-state index is 12.8. The molecule has 0 aliphatic carbocycles. The number of nitrogens with zero attached hydrogens (tertiary/aromatic N) is 1. The Kier molecular flexibility index (Phi) is 5.49. The molecule has 4 atom stereocenters. The molecule has 7 nitrogen and oxygen atoms in total. The molecule has 1 aliphatic heterocycles. The molecule has 0 bridgehead atoms. The monoisotopic (exact) mass is 368 g/mol. The van der Waals surface area contributed by atoms with Crippen LogP contribution in [-0.4, -0.2) is 29.4 Å². The zero-order chi connectivity index (χ0) is 19.4. The van der Waals surface area contributed by atoms with Crippen molar-refractivity contribution in [3.8, 4) is 0 Å². The van der Waals surface area contributed by atoms with Gasteiger partial charge in [-0.1, -0.05) is 60.7 Å². The van der Waals surface area contributed by atoms with Crippen LogP contribution >= 0.6 is 0 Å². The number of rotatable bonds is 5. The largest absolute Gasteiger partial charge is 0.465 e. The minimum absolute atomic E-state index is 0.0926. The van der Waals surface area contributed by atoms with Gasteiger partial charge >= 0.3 is 5.97 Å². The molecule has 1 N–H and O–H groups in total. The Morgan fingerprint density at radius 3 is 2.15 bits per heavy atom. The van der Waals surface area contributed by atoms with E-state index in [1.54, 1.807) is 67.6 Å². The summed E-state index contributed by atoms with van der Waals surface area (Å²) in [5.74, 6) is -3.52. The zero-order valence-electron chi connectivity index (χ0n) is 14.8. The molecule has 2 aromatic carbocycles. The van der Waals surface area contributed by atoms with Crippen molar-refractivity contribution in [1.29, 1.82) is 0 Å². The summed E-state index contributed by atoms with van der Waals surface area (Å²) in [4.78, 5) is 37.0. The Labute approximate surface area is 156 Å². The fourth-order valence-electron chi connectivity index (χ4n) is 3.64. The van der Waals surface area contributed by atoms with Crippen LogP contribution in [0, 0.1) is 16.0 Å². The van der Waals surface area contributed by atoms with Gasteiger partial charge in [0, 0.05) is 4.92 Å². The Hall–Kier alpha value is -3.22. The van der Waals surface area contributed by atoms with E-state index in [0.717, 1.165) is 0 Å². The summed E-state index contributed by atoms with van der Waals surface area (Å²) >= 11 is 0. The molecule has 0 unspecified atom stereocenters. The van der Waals surface area contributed by atoms with E-state index in [9.17, 15) is 19.7 Å². The second-order valence-electron chi connectivity index (χ2n) is 6.34. The van der Waals surface area contributed by atoms with Crippen LogP contribution in [0.1, 0.15) is 30.0 Å². The highest BCUT2D eigenvalue weighted by Gasteiger charge is 2.55. The molecule has 0 aromatic heterocycles. The molecule has 1 aliphatic rings. The third-order valence-corrected chi connectivity index (χ3v) is 4.78. The molecule has 0 saturated carbocycles.